The smallest absolute Gasteiger partial charge is 0.129 e. The fourth-order valence-electron chi connectivity index (χ4n) is 2.15. The molecule has 104 valence electrons. The Kier molecular flexibility index (Phi) is 3.92. The summed E-state index contributed by atoms with van der Waals surface area (Å²) >= 11 is 9.31. The number of rotatable bonds is 4. The van der Waals surface area contributed by atoms with Gasteiger partial charge in [-0.05, 0) is 29.5 Å². The molecule has 1 aromatic carbocycles. The Morgan fingerprint density at radius 2 is 2.05 bits per heavy atom. The molecule has 0 aliphatic rings. The van der Waals surface area contributed by atoms with E-state index in [0.717, 1.165) is 16.7 Å². The number of aromatic nitrogens is 2. The molecule has 0 aliphatic carbocycles. The van der Waals surface area contributed by atoms with Gasteiger partial charge in [-0.1, -0.05) is 31.5 Å². The minimum atomic E-state index is 0.222. The number of thiophene rings is 1. The minimum absolute atomic E-state index is 0.222. The average Bonchev–Trinajstić information content (AvgIpc) is 3.07. The van der Waals surface area contributed by atoms with Gasteiger partial charge in [-0.2, -0.15) is 8.75 Å². The molecule has 1 N–H and O–H groups in total. The lowest BCUT2D eigenvalue weighted by Gasteiger charge is -2.23. The van der Waals surface area contributed by atoms with Crippen LogP contribution in [0.2, 0.25) is 5.02 Å². The van der Waals surface area contributed by atoms with Crippen LogP contribution >= 0.6 is 34.7 Å². The first kappa shape index (κ1) is 13.8. The van der Waals surface area contributed by atoms with Crippen molar-refractivity contribution in [3.63, 3.8) is 0 Å². The third kappa shape index (κ3) is 2.53. The van der Waals surface area contributed by atoms with Gasteiger partial charge < -0.3 is 5.32 Å². The summed E-state index contributed by atoms with van der Waals surface area (Å²) in [6.45, 7) is 4.40. The van der Waals surface area contributed by atoms with Crippen molar-refractivity contribution < 1.29 is 0 Å². The zero-order chi connectivity index (χ0) is 14.1. The van der Waals surface area contributed by atoms with E-state index in [9.17, 15) is 0 Å². The number of halogens is 1. The van der Waals surface area contributed by atoms with E-state index in [4.69, 9.17) is 11.6 Å². The van der Waals surface area contributed by atoms with E-state index >= 15 is 0 Å². The fourth-order valence-corrected chi connectivity index (χ4v) is 3.85. The third-order valence-corrected chi connectivity index (χ3v) is 5.01. The Morgan fingerprint density at radius 3 is 2.75 bits per heavy atom. The van der Waals surface area contributed by atoms with Gasteiger partial charge in [0.2, 0.25) is 0 Å². The maximum absolute atomic E-state index is 6.35. The summed E-state index contributed by atoms with van der Waals surface area (Å²) in [4.78, 5) is 1.30. The molecule has 2 heterocycles. The van der Waals surface area contributed by atoms with Crippen molar-refractivity contribution in [2.75, 3.05) is 5.32 Å². The van der Waals surface area contributed by atoms with E-state index in [-0.39, 0.29) is 6.04 Å². The van der Waals surface area contributed by atoms with Crippen molar-refractivity contribution in [3.8, 4) is 0 Å². The molecule has 0 fully saturated rings. The predicted octanol–water partition coefficient (Wildman–Crippen LogP) is 5.22. The number of anilines is 1. The van der Waals surface area contributed by atoms with Crippen molar-refractivity contribution in [2.45, 2.75) is 19.9 Å². The Bertz CT molecular complexity index is 706. The lowest BCUT2D eigenvalue weighted by Crippen LogP contribution is -2.16. The number of fused-ring (bicyclic) bond motifs is 1. The number of benzene rings is 1. The van der Waals surface area contributed by atoms with E-state index in [1.807, 2.05) is 12.1 Å². The normalized spacial score (nSPS) is 13.0. The second-order valence-corrected chi connectivity index (χ2v) is 6.85. The van der Waals surface area contributed by atoms with E-state index in [0.29, 0.717) is 10.9 Å². The molecule has 0 spiro atoms. The van der Waals surface area contributed by atoms with Gasteiger partial charge in [-0.3, -0.25) is 0 Å². The van der Waals surface area contributed by atoms with E-state index in [1.54, 1.807) is 11.3 Å². The van der Waals surface area contributed by atoms with Crippen LogP contribution in [0.3, 0.4) is 0 Å². The highest BCUT2D eigenvalue weighted by atomic mass is 35.5. The maximum Gasteiger partial charge on any atom is 0.129 e. The average molecular weight is 324 g/mol. The Balaban J connectivity index is 2.02. The van der Waals surface area contributed by atoms with Crippen LogP contribution in [0, 0.1) is 5.92 Å². The molecule has 20 heavy (non-hydrogen) atoms. The molecule has 1 atom stereocenters. The zero-order valence-electron chi connectivity index (χ0n) is 11.1. The highest BCUT2D eigenvalue weighted by molar-refractivity contribution is 7.10. The van der Waals surface area contributed by atoms with Crippen molar-refractivity contribution in [1.82, 2.24) is 8.75 Å². The molecule has 2 aromatic heterocycles. The summed E-state index contributed by atoms with van der Waals surface area (Å²) < 4.78 is 8.63. The van der Waals surface area contributed by atoms with Crippen molar-refractivity contribution >= 4 is 51.4 Å². The Labute approximate surface area is 130 Å². The summed E-state index contributed by atoms with van der Waals surface area (Å²) in [5.74, 6) is 0.451. The number of nitrogens with zero attached hydrogens (tertiary/aromatic N) is 2. The zero-order valence-corrected chi connectivity index (χ0v) is 13.5. The molecule has 1 unspecified atom stereocenters. The van der Waals surface area contributed by atoms with Gasteiger partial charge in [0.25, 0.3) is 0 Å². The van der Waals surface area contributed by atoms with Gasteiger partial charge >= 0.3 is 0 Å². The van der Waals surface area contributed by atoms with Gasteiger partial charge in [0, 0.05) is 4.88 Å². The predicted molar refractivity (Wildman–Crippen MR) is 87.9 cm³/mol. The van der Waals surface area contributed by atoms with Gasteiger partial charge in [0.15, 0.2) is 0 Å². The molecule has 3 aromatic rings. The van der Waals surface area contributed by atoms with E-state index in [1.165, 1.54) is 16.6 Å². The van der Waals surface area contributed by atoms with Crippen LogP contribution in [-0.2, 0) is 0 Å². The van der Waals surface area contributed by atoms with E-state index in [2.05, 4.69) is 45.4 Å². The van der Waals surface area contributed by atoms with Crippen molar-refractivity contribution in [2.24, 2.45) is 5.92 Å². The second kappa shape index (κ2) is 5.68. The van der Waals surface area contributed by atoms with Crippen molar-refractivity contribution in [3.05, 3.63) is 39.5 Å². The summed E-state index contributed by atoms with van der Waals surface area (Å²) in [6, 6.07) is 8.22. The molecule has 3 rings (SSSR count). The first-order chi connectivity index (χ1) is 9.66. The monoisotopic (exact) mass is 323 g/mol. The van der Waals surface area contributed by atoms with Gasteiger partial charge in [-0.15, -0.1) is 11.3 Å². The second-order valence-electron chi connectivity index (χ2n) is 4.94. The molecular formula is C14H14ClN3S2. The largest absolute Gasteiger partial charge is 0.374 e. The van der Waals surface area contributed by atoms with Crippen LogP contribution in [0.25, 0.3) is 11.0 Å². The van der Waals surface area contributed by atoms with Crippen LogP contribution in [0.1, 0.15) is 24.8 Å². The molecule has 0 amide bonds. The van der Waals surface area contributed by atoms with Gasteiger partial charge in [0.1, 0.15) is 11.0 Å². The molecule has 0 saturated heterocycles. The molecule has 0 aliphatic heterocycles. The SMILES string of the molecule is CC(C)C(Nc1c(Cl)ccc2nsnc12)c1cccs1. The van der Waals surface area contributed by atoms with Crippen LogP contribution in [0.5, 0.6) is 0 Å². The number of nitrogens with one attached hydrogen (secondary N) is 1. The lowest BCUT2D eigenvalue weighted by molar-refractivity contribution is 0.554. The Morgan fingerprint density at radius 1 is 1.20 bits per heavy atom. The maximum atomic E-state index is 6.35. The van der Waals surface area contributed by atoms with Crippen LogP contribution in [0.15, 0.2) is 29.6 Å². The molecule has 6 heteroatoms. The molecular weight excluding hydrogens is 310 g/mol. The summed E-state index contributed by atoms with van der Waals surface area (Å²) in [5.41, 5.74) is 2.62. The molecule has 0 saturated carbocycles. The Hall–Kier alpha value is -1.17. The van der Waals surface area contributed by atoms with Crippen molar-refractivity contribution in [1.29, 1.82) is 0 Å². The van der Waals surface area contributed by atoms with Crippen LogP contribution < -0.4 is 5.32 Å². The first-order valence-electron chi connectivity index (χ1n) is 6.37. The fraction of sp³-hybridized carbons (Fsp3) is 0.286. The number of hydrogen-bond donors (Lipinski definition) is 1. The standard InChI is InChI=1S/C14H14ClN3S2/c1-8(2)12(11-4-3-7-19-11)16-13-9(15)5-6-10-14(13)18-20-17-10/h3-8,12,16H,1-2H3. The quantitative estimate of drug-likeness (QED) is 0.715. The minimum Gasteiger partial charge on any atom is -0.374 e. The summed E-state index contributed by atoms with van der Waals surface area (Å²) in [6.07, 6.45) is 0. The molecule has 0 radical (unpaired) electrons. The van der Waals surface area contributed by atoms with E-state index < -0.39 is 0 Å². The topological polar surface area (TPSA) is 37.8 Å². The van der Waals surface area contributed by atoms with Gasteiger partial charge in [-0.25, -0.2) is 0 Å². The molecule has 0 bridgehead atoms. The molecule has 3 nitrogen and oxygen atoms in total. The first-order valence-corrected chi connectivity index (χ1v) is 8.36. The van der Waals surface area contributed by atoms with Crippen LogP contribution in [-0.4, -0.2) is 8.75 Å². The summed E-state index contributed by atoms with van der Waals surface area (Å²) in [5, 5.41) is 6.34. The number of hydrogen-bond acceptors (Lipinski definition) is 5. The lowest BCUT2D eigenvalue weighted by atomic mass is 10.0. The van der Waals surface area contributed by atoms with Gasteiger partial charge in [0.05, 0.1) is 28.5 Å². The third-order valence-electron chi connectivity index (χ3n) is 3.19. The highest BCUT2D eigenvalue weighted by Gasteiger charge is 2.20. The van der Waals surface area contributed by atoms with Crippen LogP contribution in [0.4, 0.5) is 5.69 Å². The summed E-state index contributed by atoms with van der Waals surface area (Å²) in [7, 11) is 0. The highest BCUT2D eigenvalue weighted by Crippen LogP contribution is 2.36.